The average Bonchev–Trinajstić information content (AvgIpc) is 2.79. The molecule has 0 radical (unpaired) electrons. The van der Waals surface area contributed by atoms with Crippen molar-refractivity contribution in [3.63, 3.8) is 0 Å². The minimum Gasteiger partial charge on any atom is -0.264 e. The molecule has 4 heteroatoms. The first-order chi connectivity index (χ1) is 13.9. The Labute approximate surface area is 164 Å². The molecule has 1 atom stereocenters. The first-order valence-corrected chi connectivity index (χ1v) is 9.07. The molecule has 0 saturated heterocycles. The van der Waals surface area contributed by atoms with Gasteiger partial charge in [-0.15, -0.1) is 0 Å². The highest BCUT2D eigenvalue weighted by Crippen LogP contribution is 2.41. The number of pyridine rings is 3. The van der Waals surface area contributed by atoms with Crippen LogP contribution >= 0.6 is 0 Å². The Morgan fingerprint density at radius 3 is 1.82 bits per heavy atom. The Bertz CT molecular complexity index is 1030. The van der Waals surface area contributed by atoms with Gasteiger partial charge in [-0.3, -0.25) is 15.0 Å². The number of hydrogen-bond acceptors (Lipinski definition) is 4. The summed E-state index contributed by atoms with van der Waals surface area (Å²) in [5.74, 6) is -0.574. The summed E-state index contributed by atoms with van der Waals surface area (Å²) in [4.78, 5) is 12.8. The van der Waals surface area contributed by atoms with Crippen LogP contribution in [0.4, 0.5) is 0 Å². The van der Waals surface area contributed by atoms with Crippen LogP contribution < -0.4 is 0 Å². The van der Waals surface area contributed by atoms with E-state index < -0.39 is 5.92 Å². The van der Waals surface area contributed by atoms with Gasteiger partial charge in [0.1, 0.15) is 0 Å². The molecule has 4 rings (SSSR count). The molecule has 28 heavy (non-hydrogen) atoms. The van der Waals surface area contributed by atoms with Crippen LogP contribution in [0.2, 0.25) is 0 Å². The van der Waals surface area contributed by atoms with Crippen molar-refractivity contribution < 1.29 is 0 Å². The molecule has 1 unspecified atom stereocenters. The normalized spacial score (nSPS) is 11.7. The Morgan fingerprint density at radius 1 is 0.679 bits per heavy atom. The highest BCUT2D eigenvalue weighted by molar-refractivity contribution is 5.68. The molecule has 0 amide bonds. The van der Waals surface area contributed by atoms with Crippen LogP contribution in [0.3, 0.4) is 0 Å². The molecule has 0 aliphatic carbocycles. The van der Waals surface area contributed by atoms with E-state index in [9.17, 15) is 5.26 Å². The molecule has 3 heterocycles. The van der Waals surface area contributed by atoms with E-state index in [4.69, 9.17) is 0 Å². The van der Waals surface area contributed by atoms with E-state index in [1.807, 2.05) is 79.3 Å². The smallest absolute Gasteiger partial charge is 0.0828 e. The van der Waals surface area contributed by atoms with Crippen molar-refractivity contribution in [2.24, 2.45) is 0 Å². The molecule has 4 aromatic rings. The van der Waals surface area contributed by atoms with Crippen LogP contribution in [0.25, 0.3) is 11.1 Å². The fourth-order valence-electron chi connectivity index (χ4n) is 3.57. The lowest BCUT2D eigenvalue weighted by molar-refractivity contribution is 0.720. The second-order valence-corrected chi connectivity index (χ2v) is 6.49. The van der Waals surface area contributed by atoms with Gasteiger partial charge in [-0.1, -0.05) is 42.5 Å². The third kappa shape index (κ3) is 3.51. The fourth-order valence-corrected chi connectivity index (χ4v) is 3.57. The Kier molecular flexibility index (Phi) is 5.17. The zero-order chi connectivity index (χ0) is 19.2. The lowest BCUT2D eigenvalue weighted by atomic mass is 9.77. The second kappa shape index (κ2) is 8.24. The van der Waals surface area contributed by atoms with E-state index in [0.717, 1.165) is 27.8 Å². The molecule has 1 aromatic carbocycles. The van der Waals surface area contributed by atoms with Gasteiger partial charge in [0.05, 0.1) is 12.0 Å². The van der Waals surface area contributed by atoms with Gasteiger partial charge in [-0.05, 0) is 40.5 Å². The predicted octanol–water partition coefficient (Wildman–Crippen LogP) is 4.98. The molecular weight excluding hydrogens is 344 g/mol. The van der Waals surface area contributed by atoms with Gasteiger partial charge in [-0.2, -0.15) is 5.26 Å². The van der Waals surface area contributed by atoms with Gasteiger partial charge in [0, 0.05) is 48.7 Å². The number of hydrogen-bond donors (Lipinski definition) is 0. The number of nitriles is 1. The summed E-state index contributed by atoms with van der Waals surface area (Å²) < 4.78 is 0. The van der Waals surface area contributed by atoms with Gasteiger partial charge in [-0.25, -0.2) is 0 Å². The molecule has 3 aromatic heterocycles. The maximum Gasteiger partial charge on any atom is 0.0828 e. The van der Waals surface area contributed by atoms with E-state index in [1.54, 1.807) is 18.6 Å². The quantitative estimate of drug-likeness (QED) is 0.502. The van der Waals surface area contributed by atoms with Crippen molar-refractivity contribution in [2.45, 2.75) is 11.8 Å². The van der Waals surface area contributed by atoms with Crippen LogP contribution in [0.5, 0.6) is 0 Å². The molecule has 0 aliphatic heterocycles. The largest absolute Gasteiger partial charge is 0.264 e. The molecule has 0 N–H and O–H groups in total. The van der Waals surface area contributed by atoms with E-state index in [2.05, 4.69) is 21.0 Å². The van der Waals surface area contributed by atoms with E-state index in [0.29, 0.717) is 0 Å². The van der Waals surface area contributed by atoms with E-state index >= 15 is 0 Å². The van der Waals surface area contributed by atoms with Gasteiger partial charge < -0.3 is 0 Å². The maximum absolute atomic E-state index is 10.2. The summed E-state index contributed by atoms with van der Waals surface area (Å²) >= 11 is 0. The highest BCUT2D eigenvalue weighted by Gasteiger charge is 2.29. The summed E-state index contributed by atoms with van der Waals surface area (Å²) in [5.41, 5.74) is 4.95. The van der Waals surface area contributed by atoms with Gasteiger partial charge in [0.2, 0.25) is 0 Å². The average molecular weight is 362 g/mol. The Morgan fingerprint density at radius 2 is 1.29 bits per heavy atom. The first kappa shape index (κ1) is 17.6. The highest BCUT2D eigenvalue weighted by atomic mass is 14.6. The zero-order valence-electron chi connectivity index (χ0n) is 15.2. The topological polar surface area (TPSA) is 62.5 Å². The lowest BCUT2D eigenvalue weighted by Gasteiger charge is -2.25. The summed E-state index contributed by atoms with van der Waals surface area (Å²) in [7, 11) is 0. The van der Waals surface area contributed by atoms with E-state index in [-0.39, 0.29) is 5.92 Å². The minimum atomic E-state index is -0.398. The summed E-state index contributed by atoms with van der Waals surface area (Å²) in [6, 6.07) is 22.3. The molecule has 134 valence electrons. The monoisotopic (exact) mass is 362 g/mol. The number of rotatable bonds is 5. The molecule has 4 nitrogen and oxygen atoms in total. The predicted molar refractivity (Wildman–Crippen MR) is 108 cm³/mol. The first-order valence-electron chi connectivity index (χ1n) is 9.07. The summed E-state index contributed by atoms with van der Waals surface area (Å²) in [6.45, 7) is 0. The van der Waals surface area contributed by atoms with Gasteiger partial charge >= 0.3 is 0 Å². The molecule has 0 saturated carbocycles. The van der Waals surface area contributed by atoms with Gasteiger partial charge in [0.15, 0.2) is 0 Å². The summed E-state index contributed by atoms with van der Waals surface area (Å²) in [5, 5.41) is 10.2. The third-order valence-corrected chi connectivity index (χ3v) is 4.83. The van der Waals surface area contributed by atoms with Crippen LogP contribution in [0.15, 0.2) is 97.8 Å². The van der Waals surface area contributed by atoms with Crippen molar-refractivity contribution >= 4 is 0 Å². The van der Waals surface area contributed by atoms with Crippen LogP contribution in [0, 0.1) is 11.3 Å². The van der Waals surface area contributed by atoms with Crippen LogP contribution in [0.1, 0.15) is 28.5 Å². The molecule has 0 aliphatic rings. The SMILES string of the molecule is N#CC(c1ccccc1-c1cccnc1)C(c1cccnc1)c1cccnc1. The minimum absolute atomic E-state index is 0.176. The molecule has 0 fully saturated rings. The maximum atomic E-state index is 10.2. The summed E-state index contributed by atoms with van der Waals surface area (Å²) in [6.07, 6.45) is 10.7. The third-order valence-electron chi connectivity index (χ3n) is 4.83. The molecular formula is C24H18N4. The van der Waals surface area contributed by atoms with E-state index in [1.165, 1.54) is 0 Å². The Hall–Kier alpha value is -3.84. The van der Waals surface area contributed by atoms with Crippen molar-refractivity contribution in [3.8, 4) is 17.2 Å². The lowest BCUT2D eigenvalue weighted by Crippen LogP contribution is -2.13. The van der Waals surface area contributed by atoms with Crippen molar-refractivity contribution in [2.75, 3.05) is 0 Å². The molecule has 0 spiro atoms. The standard InChI is InChI=1S/C24H18N4/c25-14-23(22-10-2-1-9-21(22)18-6-3-11-26-15-18)24(19-7-4-12-27-16-19)20-8-5-13-28-17-20/h1-13,15-17,23-24H. The number of benzene rings is 1. The number of aromatic nitrogens is 3. The second-order valence-electron chi connectivity index (χ2n) is 6.49. The van der Waals surface area contributed by atoms with Crippen LogP contribution in [-0.2, 0) is 0 Å². The van der Waals surface area contributed by atoms with Crippen LogP contribution in [-0.4, -0.2) is 15.0 Å². The van der Waals surface area contributed by atoms with Gasteiger partial charge in [0.25, 0.3) is 0 Å². The number of nitrogens with zero attached hydrogens (tertiary/aromatic N) is 4. The van der Waals surface area contributed by atoms with Crippen molar-refractivity contribution in [1.29, 1.82) is 5.26 Å². The van der Waals surface area contributed by atoms with Crippen molar-refractivity contribution in [3.05, 3.63) is 115 Å². The fraction of sp³-hybridized carbons (Fsp3) is 0.0833. The van der Waals surface area contributed by atoms with Crippen molar-refractivity contribution in [1.82, 2.24) is 15.0 Å². The zero-order valence-corrected chi connectivity index (χ0v) is 15.2. The molecule has 0 bridgehead atoms. The Balaban J connectivity index is 1.89.